The highest BCUT2D eigenvalue weighted by atomic mass is 16.1. The Morgan fingerprint density at radius 3 is 1.81 bits per heavy atom. The second-order valence-corrected chi connectivity index (χ2v) is 3.65. The highest BCUT2D eigenvalue weighted by Crippen LogP contribution is 2.23. The molecule has 1 nitrogen and oxygen atoms in total. The SMILES string of the molecule is CC.CC.Cc1ccccc1C(C)(C)C=O. The van der Waals surface area contributed by atoms with Crippen LogP contribution < -0.4 is 0 Å². The van der Waals surface area contributed by atoms with E-state index in [-0.39, 0.29) is 5.41 Å². The zero-order valence-electron chi connectivity index (χ0n) is 11.8. The molecule has 1 rings (SSSR count). The highest BCUT2D eigenvalue weighted by molar-refractivity contribution is 5.68. The maximum absolute atomic E-state index is 10.8. The fraction of sp³-hybridized carbons (Fsp3) is 0.533. The topological polar surface area (TPSA) is 17.1 Å². The van der Waals surface area contributed by atoms with Gasteiger partial charge in [0.05, 0.1) is 0 Å². The normalized spacial score (nSPS) is 9.19. The summed E-state index contributed by atoms with van der Waals surface area (Å²) in [6, 6.07) is 7.98. The van der Waals surface area contributed by atoms with Gasteiger partial charge in [-0.15, -0.1) is 0 Å². The number of rotatable bonds is 2. The van der Waals surface area contributed by atoms with Crippen molar-refractivity contribution in [2.75, 3.05) is 0 Å². The van der Waals surface area contributed by atoms with Crippen molar-refractivity contribution in [3.8, 4) is 0 Å². The molecule has 0 saturated heterocycles. The molecule has 0 amide bonds. The van der Waals surface area contributed by atoms with Crippen LogP contribution in [0.5, 0.6) is 0 Å². The Labute approximate surface area is 101 Å². The third kappa shape index (κ3) is 5.11. The minimum Gasteiger partial charge on any atom is -0.302 e. The lowest BCUT2D eigenvalue weighted by Gasteiger charge is -2.19. The van der Waals surface area contributed by atoms with Gasteiger partial charge in [0.1, 0.15) is 6.29 Å². The van der Waals surface area contributed by atoms with Crippen molar-refractivity contribution < 1.29 is 4.79 Å². The molecule has 0 N–H and O–H groups in total. The largest absolute Gasteiger partial charge is 0.302 e. The van der Waals surface area contributed by atoms with E-state index < -0.39 is 0 Å². The van der Waals surface area contributed by atoms with Gasteiger partial charge in [0.25, 0.3) is 0 Å². The molecule has 1 aromatic rings. The van der Waals surface area contributed by atoms with Gasteiger partial charge in [-0.3, -0.25) is 0 Å². The maximum atomic E-state index is 10.8. The van der Waals surface area contributed by atoms with Crippen molar-refractivity contribution in [3.63, 3.8) is 0 Å². The smallest absolute Gasteiger partial charge is 0.129 e. The molecule has 0 fully saturated rings. The molecule has 0 unspecified atom stereocenters. The third-order valence-electron chi connectivity index (χ3n) is 2.13. The van der Waals surface area contributed by atoms with Gasteiger partial charge in [-0.05, 0) is 31.9 Å². The molecule has 16 heavy (non-hydrogen) atoms. The van der Waals surface area contributed by atoms with Gasteiger partial charge < -0.3 is 4.79 Å². The Balaban J connectivity index is 0. The summed E-state index contributed by atoms with van der Waals surface area (Å²) < 4.78 is 0. The first-order chi connectivity index (χ1) is 7.58. The van der Waals surface area contributed by atoms with E-state index in [1.165, 1.54) is 5.56 Å². The molecule has 1 heteroatoms. The van der Waals surface area contributed by atoms with Crippen LogP contribution in [0.4, 0.5) is 0 Å². The van der Waals surface area contributed by atoms with Crippen LogP contribution in [-0.2, 0) is 10.2 Å². The average Bonchev–Trinajstić information content (AvgIpc) is 2.34. The summed E-state index contributed by atoms with van der Waals surface area (Å²) in [5.41, 5.74) is 1.93. The van der Waals surface area contributed by atoms with E-state index in [1.807, 2.05) is 72.7 Å². The van der Waals surface area contributed by atoms with E-state index in [0.717, 1.165) is 11.8 Å². The van der Waals surface area contributed by atoms with Crippen LogP contribution >= 0.6 is 0 Å². The summed E-state index contributed by atoms with van der Waals surface area (Å²) in [5.74, 6) is 0. The minimum absolute atomic E-state index is 0.356. The number of benzene rings is 1. The molecule has 92 valence electrons. The Morgan fingerprint density at radius 1 is 1.00 bits per heavy atom. The van der Waals surface area contributed by atoms with Crippen molar-refractivity contribution >= 4 is 6.29 Å². The standard InChI is InChI=1S/C11H14O.2C2H6/c1-9-6-4-5-7-10(9)11(2,3)8-12;2*1-2/h4-8H,1-3H3;2*1-2H3. The molecule has 0 aliphatic rings. The van der Waals surface area contributed by atoms with Crippen LogP contribution in [0.3, 0.4) is 0 Å². The zero-order chi connectivity index (χ0) is 13.2. The average molecular weight is 222 g/mol. The first-order valence-corrected chi connectivity index (χ1v) is 6.10. The Kier molecular flexibility index (Phi) is 9.88. The molecular weight excluding hydrogens is 196 g/mol. The van der Waals surface area contributed by atoms with Crippen LogP contribution in [0.25, 0.3) is 0 Å². The Hall–Kier alpha value is -1.11. The van der Waals surface area contributed by atoms with E-state index in [1.54, 1.807) is 0 Å². The van der Waals surface area contributed by atoms with Gasteiger partial charge in [0, 0.05) is 5.41 Å². The zero-order valence-corrected chi connectivity index (χ0v) is 11.8. The Morgan fingerprint density at radius 2 is 1.44 bits per heavy atom. The Bertz CT molecular complexity index is 287. The summed E-state index contributed by atoms with van der Waals surface area (Å²) in [7, 11) is 0. The van der Waals surface area contributed by atoms with E-state index in [2.05, 4.69) is 0 Å². The highest BCUT2D eigenvalue weighted by Gasteiger charge is 2.20. The van der Waals surface area contributed by atoms with Gasteiger partial charge in [0.15, 0.2) is 0 Å². The van der Waals surface area contributed by atoms with Crippen LogP contribution in [0.1, 0.15) is 52.7 Å². The number of hydrogen-bond acceptors (Lipinski definition) is 1. The molecule has 0 radical (unpaired) electrons. The summed E-state index contributed by atoms with van der Waals surface area (Å²) >= 11 is 0. The van der Waals surface area contributed by atoms with Crippen LogP contribution in [-0.4, -0.2) is 6.29 Å². The molecule has 0 saturated carbocycles. The second-order valence-electron chi connectivity index (χ2n) is 3.65. The fourth-order valence-electron chi connectivity index (χ4n) is 1.36. The molecule has 0 atom stereocenters. The summed E-state index contributed by atoms with van der Waals surface area (Å²) in [4.78, 5) is 10.8. The predicted octanol–water partition coefficient (Wildman–Crippen LogP) is 4.52. The molecular formula is C15H26O. The van der Waals surface area contributed by atoms with Crippen molar-refractivity contribution in [2.24, 2.45) is 0 Å². The summed E-state index contributed by atoms with van der Waals surface area (Å²) in [5, 5.41) is 0. The molecule has 0 spiro atoms. The van der Waals surface area contributed by atoms with Gasteiger partial charge in [0.2, 0.25) is 0 Å². The molecule has 0 aliphatic heterocycles. The van der Waals surface area contributed by atoms with Crippen molar-refractivity contribution in [1.29, 1.82) is 0 Å². The second kappa shape index (κ2) is 9.14. The van der Waals surface area contributed by atoms with Gasteiger partial charge in [-0.1, -0.05) is 52.0 Å². The van der Waals surface area contributed by atoms with E-state index in [4.69, 9.17) is 0 Å². The number of aryl methyl sites for hydroxylation is 1. The van der Waals surface area contributed by atoms with Crippen molar-refractivity contribution in [2.45, 2.75) is 53.9 Å². The number of carbonyl (C=O) groups is 1. The minimum atomic E-state index is -0.356. The van der Waals surface area contributed by atoms with Gasteiger partial charge in [-0.2, -0.15) is 0 Å². The first-order valence-electron chi connectivity index (χ1n) is 6.10. The van der Waals surface area contributed by atoms with Gasteiger partial charge in [-0.25, -0.2) is 0 Å². The van der Waals surface area contributed by atoms with Crippen molar-refractivity contribution in [3.05, 3.63) is 35.4 Å². The predicted molar refractivity (Wildman–Crippen MR) is 73.0 cm³/mol. The lowest BCUT2D eigenvalue weighted by molar-refractivity contribution is -0.111. The van der Waals surface area contributed by atoms with Crippen LogP contribution in [0.15, 0.2) is 24.3 Å². The molecule has 1 aromatic carbocycles. The van der Waals surface area contributed by atoms with Crippen LogP contribution in [0, 0.1) is 6.92 Å². The van der Waals surface area contributed by atoms with E-state index in [9.17, 15) is 4.79 Å². The summed E-state index contributed by atoms with van der Waals surface area (Å²) in [6.07, 6.45) is 0.995. The van der Waals surface area contributed by atoms with Crippen molar-refractivity contribution in [1.82, 2.24) is 0 Å². The van der Waals surface area contributed by atoms with E-state index in [0.29, 0.717) is 0 Å². The third-order valence-corrected chi connectivity index (χ3v) is 2.13. The molecule has 0 aliphatic carbocycles. The first kappa shape index (κ1) is 17.3. The number of hydrogen-bond donors (Lipinski definition) is 0. The lowest BCUT2D eigenvalue weighted by atomic mass is 9.84. The quantitative estimate of drug-likeness (QED) is 0.672. The fourth-order valence-corrected chi connectivity index (χ4v) is 1.36. The maximum Gasteiger partial charge on any atom is 0.129 e. The van der Waals surface area contributed by atoms with E-state index >= 15 is 0 Å². The molecule has 0 aromatic heterocycles. The van der Waals surface area contributed by atoms with Gasteiger partial charge >= 0.3 is 0 Å². The monoisotopic (exact) mass is 222 g/mol. The number of aldehydes is 1. The number of carbonyl (C=O) groups excluding carboxylic acids is 1. The lowest BCUT2D eigenvalue weighted by Crippen LogP contribution is -2.19. The van der Waals surface area contributed by atoms with Crippen LogP contribution in [0.2, 0.25) is 0 Å². The molecule has 0 heterocycles. The summed E-state index contributed by atoms with van der Waals surface area (Å²) in [6.45, 7) is 13.9. The molecule has 0 bridgehead atoms.